The number of esters is 1. The molecule has 0 aliphatic rings. The van der Waals surface area contributed by atoms with Crippen LogP contribution < -0.4 is 0 Å². The van der Waals surface area contributed by atoms with Crippen molar-refractivity contribution in [2.45, 2.75) is 38.9 Å². The van der Waals surface area contributed by atoms with E-state index < -0.39 is 12.2 Å². The lowest BCUT2D eigenvalue weighted by atomic mass is 10.0. The first-order valence-corrected chi connectivity index (χ1v) is 6.80. The highest BCUT2D eigenvalue weighted by atomic mass is 127. The molecule has 3 nitrogen and oxygen atoms in total. The van der Waals surface area contributed by atoms with Crippen LogP contribution in [0.4, 0.5) is 0 Å². The molecule has 0 heterocycles. The molecule has 0 bridgehead atoms. The first-order chi connectivity index (χ1) is 8.10. The zero-order valence-corrected chi connectivity index (χ0v) is 12.2. The third kappa shape index (κ3) is 3.96. The molecule has 0 saturated heterocycles. The Kier molecular flexibility index (Phi) is 5.91. The van der Waals surface area contributed by atoms with Crippen LogP contribution in [0.25, 0.3) is 0 Å². The van der Waals surface area contributed by atoms with E-state index >= 15 is 0 Å². The third-order valence-electron chi connectivity index (χ3n) is 2.55. The summed E-state index contributed by atoms with van der Waals surface area (Å²) in [6.45, 7) is 3.64. The van der Waals surface area contributed by atoms with Crippen molar-refractivity contribution in [1.29, 1.82) is 0 Å². The largest absolute Gasteiger partial charge is 0.459 e. The molecule has 0 fully saturated rings. The summed E-state index contributed by atoms with van der Waals surface area (Å²) < 4.78 is 6.20. The summed E-state index contributed by atoms with van der Waals surface area (Å²) in [4.78, 5) is 11.3. The molecule has 2 atom stereocenters. The summed E-state index contributed by atoms with van der Waals surface area (Å²) in [5.41, 5.74) is 0.809. The van der Waals surface area contributed by atoms with Crippen LogP contribution >= 0.6 is 22.6 Å². The summed E-state index contributed by atoms with van der Waals surface area (Å²) in [7, 11) is 0. The number of aliphatic hydroxyl groups excluding tert-OH is 1. The average Bonchev–Trinajstić information content (AvgIpc) is 2.35. The molecular weight excluding hydrogens is 331 g/mol. The predicted molar refractivity (Wildman–Crippen MR) is 74.6 cm³/mol. The van der Waals surface area contributed by atoms with Gasteiger partial charge in [-0.1, -0.05) is 32.0 Å². The van der Waals surface area contributed by atoms with Gasteiger partial charge in [-0.25, -0.2) is 0 Å². The van der Waals surface area contributed by atoms with E-state index in [1.165, 1.54) is 0 Å². The number of rotatable bonds is 5. The highest BCUT2D eigenvalue weighted by molar-refractivity contribution is 14.1. The Labute approximate surface area is 115 Å². The minimum atomic E-state index is -0.761. The molecule has 0 saturated carbocycles. The maximum atomic E-state index is 11.3. The number of ether oxygens (including phenoxy) is 1. The van der Waals surface area contributed by atoms with Crippen molar-refractivity contribution in [1.82, 2.24) is 0 Å². The Morgan fingerprint density at radius 1 is 1.41 bits per heavy atom. The summed E-state index contributed by atoms with van der Waals surface area (Å²) >= 11 is 2.17. The molecule has 94 valence electrons. The van der Waals surface area contributed by atoms with Crippen LogP contribution in [0.15, 0.2) is 24.3 Å². The van der Waals surface area contributed by atoms with Crippen molar-refractivity contribution in [3.05, 3.63) is 33.4 Å². The lowest BCUT2D eigenvalue weighted by molar-refractivity contribution is -0.155. The molecule has 17 heavy (non-hydrogen) atoms. The van der Waals surface area contributed by atoms with Crippen LogP contribution in [0.2, 0.25) is 0 Å². The standard InChI is InChI=1S/C13H17IO3/c1-3-11(17-12(15)4-2)13(16)9-7-5-6-8-10(9)14/h5-8,11,13,16H,3-4H2,1-2H3/t11-,13-/m0/s1. The van der Waals surface area contributed by atoms with Crippen LogP contribution in [0.1, 0.15) is 38.4 Å². The van der Waals surface area contributed by atoms with E-state index in [2.05, 4.69) is 22.6 Å². The monoisotopic (exact) mass is 348 g/mol. The van der Waals surface area contributed by atoms with Gasteiger partial charge in [0, 0.05) is 9.99 Å². The molecule has 1 aromatic rings. The van der Waals surface area contributed by atoms with Crippen LogP contribution in [-0.2, 0) is 9.53 Å². The second-order valence-corrected chi connectivity index (χ2v) is 4.92. The first kappa shape index (κ1) is 14.4. The minimum absolute atomic E-state index is 0.276. The second-order valence-electron chi connectivity index (χ2n) is 3.76. The summed E-state index contributed by atoms with van der Waals surface area (Å²) in [5, 5.41) is 10.2. The van der Waals surface area contributed by atoms with E-state index in [4.69, 9.17) is 4.74 Å². The Morgan fingerprint density at radius 3 is 2.59 bits per heavy atom. The number of carbonyl (C=O) groups excluding carboxylic acids is 1. The van der Waals surface area contributed by atoms with Gasteiger partial charge in [0.25, 0.3) is 0 Å². The molecular formula is C13H17IO3. The van der Waals surface area contributed by atoms with Gasteiger partial charge in [0.15, 0.2) is 0 Å². The fraction of sp³-hybridized carbons (Fsp3) is 0.462. The van der Waals surface area contributed by atoms with Crippen LogP contribution in [-0.4, -0.2) is 17.2 Å². The molecule has 0 radical (unpaired) electrons. The van der Waals surface area contributed by atoms with E-state index in [1.54, 1.807) is 6.92 Å². The van der Waals surface area contributed by atoms with Crippen molar-refractivity contribution in [2.75, 3.05) is 0 Å². The Hall–Kier alpha value is -0.620. The van der Waals surface area contributed by atoms with Gasteiger partial charge in [-0.2, -0.15) is 0 Å². The zero-order valence-electron chi connectivity index (χ0n) is 10.0. The summed E-state index contributed by atoms with van der Waals surface area (Å²) in [6, 6.07) is 7.56. The number of benzene rings is 1. The fourth-order valence-electron chi connectivity index (χ4n) is 1.54. The smallest absolute Gasteiger partial charge is 0.305 e. The van der Waals surface area contributed by atoms with Crippen molar-refractivity contribution >= 4 is 28.6 Å². The van der Waals surface area contributed by atoms with E-state index in [9.17, 15) is 9.90 Å². The lowest BCUT2D eigenvalue weighted by Gasteiger charge is -2.22. The van der Waals surface area contributed by atoms with Crippen molar-refractivity contribution < 1.29 is 14.6 Å². The Morgan fingerprint density at radius 2 is 2.06 bits per heavy atom. The van der Waals surface area contributed by atoms with Crippen molar-refractivity contribution in [3.63, 3.8) is 0 Å². The van der Waals surface area contributed by atoms with Gasteiger partial charge in [-0.3, -0.25) is 4.79 Å². The minimum Gasteiger partial charge on any atom is -0.459 e. The quantitative estimate of drug-likeness (QED) is 0.657. The van der Waals surface area contributed by atoms with E-state index in [1.807, 2.05) is 31.2 Å². The molecule has 0 aliphatic carbocycles. The van der Waals surface area contributed by atoms with Gasteiger partial charge >= 0.3 is 5.97 Å². The number of hydrogen-bond donors (Lipinski definition) is 1. The van der Waals surface area contributed by atoms with Crippen LogP contribution in [0.5, 0.6) is 0 Å². The molecule has 1 aromatic carbocycles. The number of halogens is 1. The van der Waals surface area contributed by atoms with E-state index in [0.29, 0.717) is 12.8 Å². The lowest BCUT2D eigenvalue weighted by Crippen LogP contribution is -2.25. The SMILES string of the molecule is CCC(=O)O[C@@H](CC)[C@@H](O)c1ccccc1I. The van der Waals surface area contributed by atoms with Gasteiger partial charge in [-0.05, 0) is 40.6 Å². The maximum absolute atomic E-state index is 11.3. The normalized spacial score (nSPS) is 14.1. The van der Waals surface area contributed by atoms with Gasteiger partial charge in [0.05, 0.1) is 0 Å². The molecule has 0 amide bonds. The van der Waals surface area contributed by atoms with E-state index in [0.717, 1.165) is 9.13 Å². The molecule has 0 unspecified atom stereocenters. The van der Waals surface area contributed by atoms with Crippen LogP contribution in [0, 0.1) is 3.57 Å². The second kappa shape index (κ2) is 6.96. The molecule has 1 N–H and O–H groups in total. The predicted octanol–water partition coefficient (Wildman–Crippen LogP) is 3.06. The molecule has 1 rings (SSSR count). The highest BCUT2D eigenvalue weighted by Crippen LogP contribution is 2.25. The maximum Gasteiger partial charge on any atom is 0.305 e. The number of carbonyl (C=O) groups is 1. The molecule has 0 spiro atoms. The fourth-order valence-corrected chi connectivity index (χ4v) is 2.24. The van der Waals surface area contributed by atoms with Gasteiger partial charge in [0.1, 0.15) is 12.2 Å². The van der Waals surface area contributed by atoms with Crippen molar-refractivity contribution in [2.24, 2.45) is 0 Å². The van der Waals surface area contributed by atoms with Crippen molar-refractivity contribution in [3.8, 4) is 0 Å². The topological polar surface area (TPSA) is 46.5 Å². The average molecular weight is 348 g/mol. The summed E-state index contributed by atoms with van der Waals surface area (Å²) in [6.07, 6.45) is -0.311. The zero-order chi connectivity index (χ0) is 12.8. The van der Waals surface area contributed by atoms with Gasteiger partial charge < -0.3 is 9.84 Å². The van der Waals surface area contributed by atoms with Gasteiger partial charge in [0.2, 0.25) is 0 Å². The third-order valence-corrected chi connectivity index (χ3v) is 3.53. The number of aliphatic hydroxyl groups is 1. The summed E-state index contributed by atoms with van der Waals surface area (Å²) in [5.74, 6) is -0.276. The van der Waals surface area contributed by atoms with Crippen LogP contribution in [0.3, 0.4) is 0 Å². The Balaban J connectivity index is 2.82. The molecule has 4 heteroatoms. The Bertz CT molecular complexity index is 379. The van der Waals surface area contributed by atoms with E-state index in [-0.39, 0.29) is 5.97 Å². The first-order valence-electron chi connectivity index (χ1n) is 5.72. The number of hydrogen-bond acceptors (Lipinski definition) is 3. The molecule has 0 aliphatic heterocycles. The molecule has 0 aromatic heterocycles. The van der Waals surface area contributed by atoms with Gasteiger partial charge in [-0.15, -0.1) is 0 Å². The highest BCUT2D eigenvalue weighted by Gasteiger charge is 2.24.